The van der Waals surface area contributed by atoms with Crippen LogP contribution < -0.4 is 29.2 Å². The lowest BCUT2D eigenvalue weighted by Gasteiger charge is -2.32. The van der Waals surface area contributed by atoms with E-state index in [1.165, 1.54) is 25.2 Å². The van der Waals surface area contributed by atoms with E-state index in [9.17, 15) is 4.79 Å². The quantitative estimate of drug-likeness (QED) is 0.212. The number of rotatable bonds is 11. The van der Waals surface area contributed by atoms with E-state index in [4.69, 9.17) is 23.9 Å². The van der Waals surface area contributed by atoms with Crippen molar-refractivity contribution < 1.29 is 28.1 Å². The van der Waals surface area contributed by atoms with Crippen LogP contribution in [0.4, 0.5) is 26.5 Å². The van der Waals surface area contributed by atoms with Crippen LogP contribution in [-0.4, -0.2) is 93.5 Å². The summed E-state index contributed by atoms with van der Waals surface area (Å²) in [6.45, 7) is 9.07. The van der Waals surface area contributed by atoms with E-state index in [2.05, 4.69) is 27.1 Å². The molecule has 12 heteroatoms. The molecule has 0 saturated carbocycles. The van der Waals surface area contributed by atoms with Gasteiger partial charge >= 0.3 is 6.09 Å². The number of nitrogens with one attached hydrogen (secondary N) is 1. The van der Waals surface area contributed by atoms with Gasteiger partial charge in [-0.15, -0.1) is 0 Å². The maximum atomic E-state index is 15.1. The number of benzene rings is 3. The van der Waals surface area contributed by atoms with E-state index in [-0.39, 0.29) is 17.6 Å². The molecule has 0 atom stereocenters. The zero-order chi connectivity index (χ0) is 33.5. The predicted octanol–water partition coefficient (Wildman–Crippen LogP) is 5.92. The Balaban J connectivity index is 1.36. The molecule has 1 aromatic heterocycles. The van der Waals surface area contributed by atoms with E-state index < -0.39 is 11.9 Å². The summed E-state index contributed by atoms with van der Waals surface area (Å²) in [4.78, 5) is 28.4. The van der Waals surface area contributed by atoms with Crippen LogP contribution in [0.3, 0.4) is 0 Å². The number of hydrogen-bond acceptors (Lipinski definition) is 10. The molecule has 0 bridgehead atoms. The van der Waals surface area contributed by atoms with Gasteiger partial charge in [0.15, 0.2) is 11.6 Å². The molecule has 248 valence electrons. The zero-order valence-electron chi connectivity index (χ0n) is 27.7. The Morgan fingerprint density at radius 3 is 2.45 bits per heavy atom. The molecular formula is C35H41FN6O5. The number of likely N-dealkylation sites (N-methyl/N-ethyl adjacent to an activating group) is 1. The van der Waals surface area contributed by atoms with Gasteiger partial charge in [-0.25, -0.2) is 14.2 Å². The molecule has 1 N–H and O–H groups in total. The largest absolute Gasteiger partial charge is 0.497 e. The first-order valence-electron chi connectivity index (χ1n) is 15.4. The van der Waals surface area contributed by atoms with Crippen LogP contribution in [0.1, 0.15) is 11.1 Å². The average Bonchev–Trinajstić information content (AvgIpc) is 3.07. The predicted molar refractivity (Wildman–Crippen MR) is 180 cm³/mol. The van der Waals surface area contributed by atoms with Gasteiger partial charge in [0.25, 0.3) is 0 Å². The van der Waals surface area contributed by atoms with Gasteiger partial charge in [-0.2, -0.15) is 4.98 Å². The summed E-state index contributed by atoms with van der Waals surface area (Å²) in [5, 5.41) is 3.06. The van der Waals surface area contributed by atoms with Crippen LogP contribution in [-0.2, 0) is 0 Å². The summed E-state index contributed by atoms with van der Waals surface area (Å²) in [5.74, 6) is 0.780. The first-order chi connectivity index (χ1) is 22.6. The monoisotopic (exact) mass is 644 g/mol. The van der Waals surface area contributed by atoms with Crippen molar-refractivity contribution in [2.45, 2.75) is 13.8 Å². The Hall–Kier alpha value is -4.94. The zero-order valence-corrected chi connectivity index (χ0v) is 27.7. The van der Waals surface area contributed by atoms with Crippen molar-refractivity contribution in [1.29, 1.82) is 0 Å². The van der Waals surface area contributed by atoms with Gasteiger partial charge in [-0.3, -0.25) is 9.80 Å². The van der Waals surface area contributed by atoms with Gasteiger partial charge in [-0.1, -0.05) is 18.2 Å². The highest BCUT2D eigenvalue weighted by Crippen LogP contribution is 2.33. The summed E-state index contributed by atoms with van der Waals surface area (Å²) in [7, 11) is 6.72. The molecule has 0 aliphatic carbocycles. The van der Waals surface area contributed by atoms with E-state index in [0.29, 0.717) is 35.2 Å². The fourth-order valence-corrected chi connectivity index (χ4v) is 5.20. The van der Waals surface area contributed by atoms with Gasteiger partial charge in [0.1, 0.15) is 18.1 Å². The minimum Gasteiger partial charge on any atom is -0.497 e. The van der Waals surface area contributed by atoms with Gasteiger partial charge < -0.3 is 29.2 Å². The van der Waals surface area contributed by atoms with E-state index in [1.54, 1.807) is 43.4 Å². The Morgan fingerprint density at radius 2 is 1.72 bits per heavy atom. The molecule has 0 radical (unpaired) electrons. The number of halogens is 1. The highest BCUT2D eigenvalue weighted by molar-refractivity contribution is 5.90. The molecule has 1 aliphatic heterocycles. The highest BCUT2D eigenvalue weighted by atomic mass is 19.1. The van der Waals surface area contributed by atoms with Crippen molar-refractivity contribution in [3.63, 3.8) is 0 Å². The van der Waals surface area contributed by atoms with Gasteiger partial charge in [0.05, 0.1) is 25.6 Å². The second-order valence-electron chi connectivity index (χ2n) is 11.4. The third kappa shape index (κ3) is 8.27. The SMILES string of the molecule is COc1ccc(OC)c(N(C)C(=O)Oc2cc(-c3cccc(C)c3C)nc(Nc3ccc(OCCN4CCN(C)CC4)c(F)c3)n2)c1. The average molecular weight is 645 g/mol. The Labute approximate surface area is 274 Å². The number of aromatic nitrogens is 2. The third-order valence-corrected chi connectivity index (χ3v) is 8.25. The van der Waals surface area contributed by atoms with Crippen LogP contribution in [0.2, 0.25) is 0 Å². The Kier molecular flexibility index (Phi) is 10.7. The molecule has 11 nitrogen and oxygen atoms in total. The molecule has 5 rings (SSSR count). The molecule has 0 spiro atoms. The fourth-order valence-electron chi connectivity index (χ4n) is 5.20. The van der Waals surface area contributed by atoms with Crippen molar-refractivity contribution in [3.8, 4) is 34.4 Å². The minimum absolute atomic E-state index is 0.00134. The third-order valence-electron chi connectivity index (χ3n) is 8.25. The van der Waals surface area contributed by atoms with Crippen molar-refractivity contribution >= 4 is 23.4 Å². The van der Waals surface area contributed by atoms with Gasteiger partial charge in [0.2, 0.25) is 11.8 Å². The van der Waals surface area contributed by atoms with Crippen LogP contribution in [0.5, 0.6) is 23.1 Å². The molecule has 3 aromatic carbocycles. The Morgan fingerprint density at radius 1 is 0.957 bits per heavy atom. The summed E-state index contributed by atoms with van der Waals surface area (Å²) in [6.07, 6.45) is -0.711. The number of carbonyl (C=O) groups excluding carboxylic acids is 1. The molecule has 1 aliphatic rings. The lowest BCUT2D eigenvalue weighted by Crippen LogP contribution is -2.45. The molecule has 0 unspecified atom stereocenters. The first kappa shape index (κ1) is 33.4. The topological polar surface area (TPSA) is 102 Å². The number of anilines is 3. The van der Waals surface area contributed by atoms with Crippen LogP contribution in [0, 0.1) is 19.7 Å². The highest BCUT2D eigenvalue weighted by Gasteiger charge is 2.21. The number of methoxy groups -OCH3 is 2. The number of aryl methyl sites for hydroxylation is 1. The molecule has 1 amide bonds. The van der Waals surface area contributed by atoms with E-state index >= 15 is 4.39 Å². The maximum Gasteiger partial charge on any atom is 0.420 e. The molecule has 47 heavy (non-hydrogen) atoms. The molecule has 1 saturated heterocycles. The lowest BCUT2D eigenvalue weighted by atomic mass is 10.0. The van der Waals surface area contributed by atoms with Crippen molar-refractivity contribution in [2.75, 3.05) is 77.9 Å². The maximum absolute atomic E-state index is 15.1. The number of amides is 1. The van der Waals surface area contributed by atoms with Crippen molar-refractivity contribution in [3.05, 3.63) is 77.6 Å². The first-order valence-corrected chi connectivity index (χ1v) is 15.4. The summed E-state index contributed by atoms with van der Waals surface area (Å²) in [6, 6.07) is 17.2. The summed E-state index contributed by atoms with van der Waals surface area (Å²) in [5.41, 5.74) is 4.30. The van der Waals surface area contributed by atoms with Crippen molar-refractivity contribution in [1.82, 2.24) is 19.8 Å². The molecule has 4 aromatic rings. The van der Waals surface area contributed by atoms with Gasteiger partial charge in [-0.05, 0) is 56.3 Å². The minimum atomic E-state index is -0.711. The number of hydrogen-bond donors (Lipinski definition) is 1. The standard InChI is InChI=1S/C35H41FN6O5/c1-23-8-7-9-27(24(23)2)29-22-33(47-35(43)41(4)30-21-26(44-5)11-13-32(30)45-6)39-34(38-29)37-25-10-12-31(28(36)20-25)46-19-18-42-16-14-40(3)15-17-42/h7-13,20-22H,14-19H2,1-6H3,(H,37,38,39). The van der Waals surface area contributed by atoms with Gasteiger partial charge in [0, 0.05) is 69.2 Å². The Bertz CT molecular complexity index is 1710. The number of nitrogens with zero attached hydrogens (tertiary/aromatic N) is 5. The second-order valence-corrected chi connectivity index (χ2v) is 11.4. The normalized spacial score (nSPS) is 13.6. The number of piperazine rings is 1. The smallest absolute Gasteiger partial charge is 0.420 e. The molecule has 1 fully saturated rings. The lowest BCUT2D eigenvalue weighted by molar-refractivity contribution is 0.132. The van der Waals surface area contributed by atoms with Crippen LogP contribution in [0.25, 0.3) is 11.3 Å². The summed E-state index contributed by atoms with van der Waals surface area (Å²) < 4.78 is 37.4. The second kappa shape index (κ2) is 15.1. The fraction of sp³-hybridized carbons (Fsp3) is 0.343. The van der Waals surface area contributed by atoms with Crippen LogP contribution in [0.15, 0.2) is 60.7 Å². The molecular weight excluding hydrogens is 603 g/mol. The van der Waals surface area contributed by atoms with Crippen LogP contribution >= 0.6 is 0 Å². The number of ether oxygens (including phenoxy) is 4. The molecule has 2 heterocycles. The van der Waals surface area contributed by atoms with E-state index in [0.717, 1.165) is 49.4 Å². The van der Waals surface area contributed by atoms with Crippen molar-refractivity contribution in [2.24, 2.45) is 0 Å². The number of carbonyl (C=O) groups is 1. The summed E-state index contributed by atoms with van der Waals surface area (Å²) >= 11 is 0. The van der Waals surface area contributed by atoms with E-state index in [1.807, 2.05) is 32.0 Å².